The van der Waals surface area contributed by atoms with Crippen molar-refractivity contribution in [2.75, 3.05) is 30.4 Å². The second-order valence-electron chi connectivity index (χ2n) is 5.83. The molecular formula is C20H27ClN3O2-. The first-order chi connectivity index (χ1) is 12.1. The van der Waals surface area contributed by atoms with Gasteiger partial charge < -0.3 is 32.7 Å². The minimum atomic E-state index is -0.213. The summed E-state index contributed by atoms with van der Waals surface area (Å²) in [5.41, 5.74) is 4.06. The van der Waals surface area contributed by atoms with Gasteiger partial charge in [-0.05, 0) is 62.2 Å². The molecule has 2 amide bonds. The fourth-order valence-corrected chi connectivity index (χ4v) is 2.67. The van der Waals surface area contributed by atoms with Gasteiger partial charge in [0, 0.05) is 31.0 Å². The van der Waals surface area contributed by atoms with Gasteiger partial charge in [0.2, 0.25) is 0 Å². The van der Waals surface area contributed by atoms with Crippen LogP contribution in [0, 0.1) is 6.92 Å². The van der Waals surface area contributed by atoms with Crippen molar-refractivity contribution in [3.8, 4) is 5.75 Å². The Morgan fingerprint density at radius 3 is 2.27 bits per heavy atom. The van der Waals surface area contributed by atoms with E-state index in [1.54, 1.807) is 7.11 Å². The number of amides is 2. The SMILES string of the molecule is CCN(CC)c1ccc(NC(=O)NCc2ccc(OC)cc2)c(C)c1.[Cl-]. The van der Waals surface area contributed by atoms with E-state index >= 15 is 0 Å². The lowest BCUT2D eigenvalue weighted by molar-refractivity contribution is -0.00000865. The van der Waals surface area contributed by atoms with Gasteiger partial charge in [-0.15, -0.1) is 0 Å². The molecule has 0 fully saturated rings. The fraction of sp³-hybridized carbons (Fsp3) is 0.350. The highest BCUT2D eigenvalue weighted by atomic mass is 35.5. The predicted molar refractivity (Wildman–Crippen MR) is 104 cm³/mol. The third-order valence-electron chi connectivity index (χ3n) is 4.20. The topological polar surface area (TPSA) is 53.6 Å². The summed E-state index contributed by atoms with van der Waals surface area (Å²) in [4.78, 5) is 14.4. The van der Waals surface area contributed by atoms with Crippen molar-refractivity contribution >= 4 is 17.4 Å². The molecule has 0 aliphatic heterocycles. The molecule has 0 heterocycles. The Bertz CT molecular complexity index is 701. The smallest absolute Gasteiger partial charge is 0.319 e. The minimum Gasteiger partial charge on any atom is -1.00 e. The molecule has 0 aromatic heterocycles. The van der Waals surface area contributed by atoms with E-state index in [0.29, 0.717) is 6.54 Å². The molecule has 0 saturated heterocycles. The molecule has 0 atom stereocenters. The van der Waals surface area contributed by atoms with Crippen LogP contribution in [-0.4, -0.2) is 26.2 Å². The summed E-state index contributed by atoms with van der Waals surface area (Å²) in [6.07, 6.45) is 0. The zero-order valence-corrected chi connectivity index (χ0v) is 16.6. The summed E-state index contributed by atoms with van der Waals surface area (Å²) in [5, 5.41) is 5.78. The third kappa shape index (κ3) is 5.85. The maximum atomic E-state index is 12.1. The maximum Gasteiger partial charge on any atom is 0.319 e. The van der Waals surface area contributed by atoms with Gasteiger partial charge >= 0.3 is 6.03 Å². The van der Waals surface area contributed by atoms with Crippen LogP contribution in [0.1, 0.15) is 25.0 Å². The van der Waals surface area contributed by atoms with Crippen LogP contribution in [0.4, 0.5) is 16.2 Å². The Morgan fingerprint density at radius 2 is 1.73 bits per heavy atom. The Morgan fingerprint density at radius 1 is 1.08 bits per heavy atom. The van der Waals surface area contributed by atoms with Gasteiger partial charge in [-0.1, -0.05) is 12.1 Å². The van der Waals surface area contributed by atoms with Gasteiger partial charge in [0.05, 0.1) is 7.11 Å². The molecule has 26 heavy (non-hydrogen) atoms. The van der Waals surface area contributed by atoms with E-state index in [1.807, 2.05) is 43.3 Å². The summed E-state index contributed by atoms with van der Waals surface area (Å²) < 4.78 is 5.13. The third-order valence-corrected chi connectivity index (χ3v) is 4.20. The predicted octanol–water partition coefficient (Wildman–Crippen LogP) is 1.18. The lowest BCUT2D eigenvalue weighted by Gasteiger charge is -2.22. The summed E-state index contributed by atoms with van der Waals surface area (Å²) in [6, 6.07) is 13.5. The van der Waals surface area contributed by atoms with Gasteiger partial charge in [0.1, 0.15) is 5.75 Å². The standard InChI is InChI=1S/C20H27N3O2.ClH/c1-5-23(6-2)17-9-12-19(15(3)13-17)22-20(24)21-14-16-7-10-18(25-4)11-8-16;/h7-13H,5-6,14H2,1-4H3,(H2,21,22,24);1H/p-1. The highest BCUT2D eigenvalue weighted by molar-refractivity contribution is 5.90. The highest BCUT2D eigenvalue weighted by Crippen LogP contribution is 2.22. The Labute approximate surface area is 162 Å². The van der Waals surface area contributed by atoms with Crippen molar-refractivity contribution in [2.24, 2.45) is 0 Å². The number of aryl methyl sites for hydroxylation is 1. The van der Waals surface area contributed by atoms with E-state index in [-0.39, 0.29) is 18.4 Å². The van der Waals surface area contributed by atoms with Crippen LogP contribution in [0.25, 0.3) is 0 Å². The van der Waals surface area contributed by atoms with E-state index in [1.165, 1.54) is 5.69 Å². The van der Waals surface area contributed by atoms with Crippen molar-refractivity contribution in [3.05, 3.63) is 53.6 Å². The first kappa shape index (κ1) is 21.6. The maximum absolute atomic E-state index is 12.1. The first-order valence-corrected chi connectivity index (χ1v) is 8.60. The van der Waals surface area contributed by atoms with Crippen LogP contribution < -0.4 is 32.7 Å². The Kier molecular flexibility index (Phi) is 8.79. The van der Waals surface area contributed by atoms with Crippen LogP contribution in [0.5, 0.6) is 5.75 Å². The molecule has 0 bridgehead atoms. The van der Waals surface area contributed by atoms with E-state index in [9.17, 15) is 4.79 Å². The molecule has 0 saturated carbocycles. The number of methoxy groups -OCH3 is 1. The number of ether oxygens (including phenoxy) is 1. The number of urea groups is 1. The van der Waals surface area contributed by atoms with Crippen LogP contribution in [0.3, 0.4) is 0 Å². The second kappa shape index (κ2) is 10.6. The van der Waals surface area contributed by atoms with Gasteiger partial charge in [0.25, 0.3) is 0 Å². The molecule has 0 unspecified atom stereocenters. The van der Waals surface area contributed by atoms with Crippen LogP contribution in [0.15, 0.2) is 42.5 Å². The molecule has 0 radical (unpaired) electrons. The lowest BCUT2D eigenvalue weighted by Crippen LogP contribution is -3.00. The average Bonchev–Trinajstić information content (AvgIpc) is 2.63. The van der Waals surface area contributed by atoms with E-state index < -0.39 is 0 Å². The van der Waals surface area contributed by atoms with E-state index in [0.717, 1.165) is 35.7 Å². The average molecular weight is 377 g/mol. The molecule has 2 aromatic rings. The molecule has 5 nitrogen and oxygen atoms in total. The van der Waals surface area contributed by atoms with Gasteiger partial charge in [-0.2, -0.15) is 0 Å². The minimum absolute atomic E-state index is 0. The molecule has 2 aromatic carbocycles. The Hall–Kier alpha value is -2.40. The molecule has 142 valence electrons. The van der Waals surface area contributed by atoms with E-state index in [4.69, 9.17) is 4.74 Å². The number of benzene rings is 2. The van der Waals surface area contributed by atoms with Crippen molar-refractivity contribution in [1.82, 2.24) is 5.32 Å². The summed E-state index contributed by atoms with van der Waals surface area (Å²) >= 11 is 0. The summed E-state index contributed by atoms with van der Waals surface area (Å²) in [5.74, 6) is 0.803. The molecule has 6 heteroatoms. The largest absolute Gasteiger partial charge is 1.00 e. The number of anilines is 2. The molecule has 2 N–H and O–H groups in total. The van der Waals surface area contributed by atoms with Gasteiger partial charge in [0.15, 0.2) is 0 Å². The fourth-order valence-electron chi connectivity index (χ4n) is 2.67. The molecule has 0 spiro atoms. The quantitative estimate of drug-likeness (QED) is 0.763. The lowest BCUT2D eigenvalue weighted by atomic mass is 10.1. The molecule has 0 aliphatic rings. The highest BCUT2D eigenvalue weighted by Gasteiger charge is 2.08. The van der Waals surface area contributed by atoms with Crippen molar-refractivity contribution in [1.29, 1.82) is 0 Å². The number of carbonyl (C=O) groups is 1. The van der Waals surface area contributed by atoms with Crippen molar-refractivity contribution in [3.63, 3.8) is 0 Å². The number of carbonyl (C=O) groups excluding carboxylic acids is 1. The Balaban J connectivity index is 0.00000338. The molecule has 2 rings (SSSR count). The zero-order chi connectivity index (χ0) is 18.2. The number of halogens is 1. The van der Waals surface area contributed by atoms with Gasteiger partial charge in [-0.25, -0.2) is 4.79 Å². The number of hydrogen-bond acceptors (Lipinski definition) is 3. The molecule has 0 aliphatic carbocycles. The van der Waals surface area contributed by atoms with Crippen LogP contribution in [-0.2, 0) is 6.54 Å². The molecular weight excluding hydrogens is 350 g/mol. The number of nitrogens with one attached hydrogen (secondary N) is 2. The normalized spacial score (nSPS) is 9.85. The second-order valence-corrected chi connectivity index (χ2v) is 5.83. The first-order valence-electron chi connectivity index (χ1n) is 8.60. The monoisotopic (exact) mass is 376 g/mol. The number of rotatable bonds is 7. The summed E-state index contributed by atoms with van der Waals surface area (Å²) in [7, 11) is 1.63. The van der Waals surface area contributed by atoms with Crippen LogP contribution in [0.2, 0.25) is 0 Å². The van der Waals surface area contributed by atoms with Crippen molar-refractivity contribution < 1.29 is 21.9 Å². The number of hydrogen-bond donors (Lipinski definition) is 2. The van der Waals surface area contributed by atoms with Crippen molar-refractivity contribution in [2.45, 2.75) is 27.3 Å². The van der Waals surface area contributed by atoms with Gasteiger partial charge in [-0.3, -0.25) is 0 Å². The van der Waals surface area contributed by atoms with Crippen LogP contribution >= 0.6 is 0 Å². The summed E-state index contributed by atoms with van der Waals surface area (Å²) in [6.45, 7) is 8.67. The van der Waals surface area contributed by atoms with E-state index in [2.05, 4.69) is 35.4 Å². The zero-order valence-electron chi connectivity index (χ0n) is 15.8. The number of nitrogens with zero attached hydrogens (tertiary/aromatic N) is 1.